The molecule has 0 aliphatic heterocycles. The van der Waals surface area contributed by atoms with E-state index in [0.29, 0.717) is 0 Å². The fourth-order valence-electron chi connectivity index (χ4n) is 2.32. The molecule has 2 aromatic carbocycles. The fourth-order valence-corrected chi connectivity index (χ4v) is 2.52. The lowest BCUT2D eigenvalue weighted by atomic mass is 10.1. The van der Waals surface area contributed by atoms with E-state index in [1.54, 1.807) is 0 Å². The van der Waals surface area contributed by atoms with Crippen molar-refractivity contribution >= 4 is 17.3 Å². The lowest BCUT2D eigenvalue weighted by Crippen LogP contribution is -2.22. The average molecular weight is 289 g/mol. The highest BCUT2D eigenvalue weighted by molar-refractivity contribution is 6.30. The molecule has 0 saturated carbocycles. The van der Waals surface area contributed by atoms with Gasteiger partial charge in [-0.1, -0.05) is 41.9 Å². The van der Waals surface area contributed by atoms with E-state index in [1.165, 1.54) is 16.8 Å². The molecular formula is C17H21ClN2. The Hall–Kier alpha value is -1.51. The second-order valence-electron chi connectivity index (χ2n) is 4.96. The highest BCUT2D eigenvalue weighted by Gasteiger charge is 2.08. The van der Waals surface area contributed by atoms with Gasteiger partial charge in [-0.25, -0.2) is 0 Å². The summed E-state index contributed by atoms with van der Waals surface area (Å²) in [5.74, 6) is 0. The molecule has 0 unspecified atom stereocenters. The minimum Gasteiger partial charge on any atom is -0.374 e. The summed E-state index contributed by atoms with van der Waals surface area (Å²) in [6.45, 7) is 1.81. The summed E-state index contributed by atoms with van der Waals surface area (Å²) in [6.07, 6.45) is 1.04. The van der Waals surface area contributed by atoms with Crippen LogP contribution < -0.4 is 10.2 Å². The normalized spacial score (nSPS) is 10.6. The Kier molecular flexibility index (Phi) is 5.45. The summed E-state index contributed by atoms with van der Waals surface area (Å²) < 4.78 is 0. The number of nitrogens with zero attached hydrogens (tertiary/aromatic N) is 1. The molecule has 3 heteroatoms. The molecule has 106 valence electrons. The van der Waals surface area contributed by atoms with E-state index >= 15 is 0 Å². The first-order valence-corrected chi connectivity index (χ1v) is 7.26. The standard InChI is InChI=1S/C17H21ClN2/c1-19-13-15-12-16(18)8-9-17(15)20(2)11-10-14-6-4-3-5-7-14/h3-9,12,19H,10-11,13H2,1-2H3. The molecule has 2 rings (SSSR count). The van der Waals surface area contributed by atoms with Gasteiger partial charge in [0.1, 0.15) is 0 Å². The van der Waals surface area contributed by atoms with Crippen LogP contribution >= 0.6 is 11.6 Å². The Morgan fingerprint density at radius 1 is 1.10 bits per heavy atom. The third-order valence-corrected chi connectivity index (χ3v) is 3.63. The Labute approximate surface area is 126 Å². The quantitative estimate of drug-likeness (QED) is 0.871. The monoisotopic (exact) mass is 288 g/mol. The molecule has 0 amide bonds. The van der Waals surface area contributed by atoms with Crippen molar-refractivity contribution in [2.24, 2.45) is 0 Å². The summed E-state index contributed by atoms with van der Waals surface area (Å²) >= 11 is 6.08. The Bertz CT molecular complexity index is 540. The maximum absolute atomic E-state index is 6.08. The second kappa shape index (κ2) is 7.32. The van der Waals surface area contributed by atoms with Gasteiger partial charge in [-0.2, -0.15) is 0 Å². The molecule has 20 heavy (non-hydrogen) atoms. The van der Waals surface area contributed by atoms with E-state index in [1.807, 2.05) is 19.2 Å². The maximum Gasteiger partial charge on any atom is 0.0410 e. The summed E-state index contributed by atoms with van der Waals surface area (Å²) in [6, 6.07) is 16.7. The van der Waals surface area contributed by atoms with Crippen molar-refractivity contribution in [2.45, 2.75) is 13.0 Å². The molecular weight excluding hydrogens is 268 g/mol. The molecule has 2 aromatic rings. The van der Waals surface area contributed by atoms with Crippen LogP contribution in [0, 0.1) is 0 Å². The van der Waals surface area contributed by atoms with Gasteiger partial charge in [-0.3, -0.25) is 0 Å². The third kappa shape index (κ3) is 3.99. The molecule has 0 aromatic heterocycles. The minimum atomic E-state index is 0.787. The van der Waals surface area contributed by atoms with E-state index in [0.717, 1.165) is 24.5 Å². The predicted octanol–water partition coefficient (Wildman–Crippen LogP) is 3.74. The molecule has 1 N–H and O–H groups in total. The molecule has 0 radical (unpaired) electrons. The smallest absolute Gasteiger partial charge is 0.0410 e. The molecule has 0 atom stereocenters. The Morgan fingerprint density at radius 2 is 1.85 bits per heavy atom. The summed E-state index contributed by atoms with van der Waals surface area (Å²) in [4.78, 5) is 2.29. The van der Waals surface area contributed by atoms with Gasteiger partial charge in [-0.15, -0.1) is 0 Å². The number of likely N-dealkylation sites (N-methyl/N-ethyl adjacent to an activating group) is 1. The van der Waals surface area contributed by atoms with Gasteiger partial charge in [0.15, 0.2) is 0 Å². The molecule has 0 saturated heterocycles. The zero-order chi connectivity index (χ0) is 14.4. The van der Waals surface area contributed by atoms with Crippen molar-refractivity contribution in [3.8, 4) is 0 Å². The first-order valence-electron chi connectivity index (χ1n) is 6.89. The van der Waals surface area contributed by atoms with Gasteiger partial charge in [0, 0.05) is 30.8 Å². The van der Waals surface area contributed by atoms with E-state index < -0.39 is 0 Å². The van der Waals surface area contributed by atoms with Crippen molar-refractivity contribution < 1.29 is 0 Å². The predicted molar refractivity (Wildman–Crippen MR) is 87.6 cm³/mol. The molecule has 0 aliphatic rings. The number of halogens is 1. The van der Waals surface area contributed by atoms with Crippen LogP contribution in [0.5, 0.6) is 0 Å². The van der Waals surface area contributed by atoms with Crippen LogP contribution in [0.1, 0.15) is 11.1 Å². The maximum atomic E-state index is 6.08. The largest absolute Gasteiger partial charge is 0.374 e. The second-order valence-corrected chi connectivity index (χ2v) is 5.40. The number of benzene rings is 2. The summed E-state index contributed by atoms with van der Waals surface area (Å²) in [5.41, 5.74) is 3.83. The summed E-state index contributed by atoms with van der Waals surface area (Å²) in [5, 5.41) is 3.98. The SMILES string of the molecule is CNCc1cc(Cl)ccc1N(C)CCc1ccccc1. The fraction of sp³-hybridized carbons (Fsp3) is 0.294. The highest BCUT2D eigenvalue weighted by atomic mass is 35.5. The van der Waals surface area contributed by atoms with E-state index in [-0.39, 0.29) is 0 Å². The van der Waals surface area contributed by atoms with E-state index in [9.17, 15) is 0 Å². The van der Waals surface area contributed by atoms with Crippen LogP contribution in [-0.2, 0) is 13.0 Å². The Morgan fingerprint density at radius 3 is 2.55 bits per heavy atom. The molecule has 0 fully saturated rings. The van der Waals surface area contributed by atoms with Crippen LogP contribution in [0.15, 0.2) is 48.5 Å². The van der Waals surface area contributed by atoms with Gasteiger partial charge < -0.3 is 10.2 Å². The van der Waals surface area contributed by atoms with Crippen LogP contribution in [-0.4, -0.2) is 20.6 Å². The number of hydrogen-bond acceptors (Lipinski definition) is 2. The lowest BCUT2D eigenvalue weighted by Gasteiger charge is -2.23. The van der Waals surface area contributed by atoms with E-state index in [4.69, 9.17) is 11.6 Å². The molecule has 0 aliphatic carbocycles. The first-order chi connectivity index (χ1) is 9.70. The van der Waals surface area contributed by atoms with Gasteiger partial charge in [-0.05, 0) is 42.8 Å². The van der Waals surface area contributed by atoms with Gasteiger partial charge in [0.25, 0.3) is 0 Å². The van der Waals surface area contributed by atoms with E-state index in [2.05, 4.69) is 53.7 Å². The van der Waals surface area contributed by atoms with Crippen molar-refractivity contribution in [3.05, 3.63) is 64.7 Å². The molecule has 0 spiro atoms. The van der Waals surface area contributed by atoms with Crippen molar-refractivity contribution in [2.75, 3.05) is 25.5 Å². The average Bonchev–Trinajstić information content (AvgIpc) is 2.46. The summed E-state index contributed by atoms with van der Waals surface area (Å²) in [7, 11) is 4.08. The number of anilines is 1. The number of hydrogen-bond donors (Lipinski definition) is 1. The van der Waals surface area contributed by atoms with Gasteiger partial charge in [0.05, 0.1) is 0 Å². The first kappa shape index (κ1) is 14.9. The van der Waals surface area contributed by atoms with Crippen molar-refractivity contribution in [1.29, 1.82) is 0 Å². The van der Waals surface area contributed by atoms with Gasteiger partial charge in [0.2, 0.25) is 0 Å². The lowest BCUT2D eigenvalue weighted by molar-refractivity contribution is 0.802. The molecule has 0 heterocycles. The van der Waals surface area contributed by atoms with Gasteiger partial charge >= 0.3 is 0 Å². The van der Waals surface area contributed by atoms with Crippen LogP contribution in [0.2, 0.25) is 5.02 Å². The topological polar surface area (TPSA) is 15.3 Å². The highest BCUT2D eigenvalue weighted by Crippen LogP contribution is 2.23. The molecule has 0 bridgehead atoms. The van der Waals surface area contributed by atoms with Crippen LogP contribution in [0.25, 0.3) is 0 Å². The number of rotatable bonds is 6. The van der Waals surface area contributed by atoms with Crippen molar-refractivity contribution in [3.63, 3.8) is 0 Å². The van der Waals surface area contributed by atoms with Crippen LogP contribution in [0.3, 0.4) is 0 Å². The zero-order valence-electron chi connectivity index (χ0n) is 12.1. The minimum absolute atomic E-state index is 0.787. The van der Waals surface area contributed by atoms with Crippen LogP contribution in [0.4, 0.5) is 5.69 Å². The molecule has 2 nitrogen and oxygen atoms in total. The van der Waals surface area contributed by atoms with Crippen molar-refractivity contribution in [1.82, 2.24) is 5.32 Å². The third-order valence-electron chi connectivity index (χ3n) is 3.40. The Balaban J connectivity index is 2.06. The number of nitrogens with one attached hydrogen (secondary N) is 1. The zero-order valence-corrected chi connectivity index (χ0v) is 12.8.